The standard InChI is InChI=1S/C5H8BClF3.K/c1-5(3-2-4-7)6(8,9)10;/h1-4H2;/q-1;+1. The molecule has 0 saturated carbocycles. The van der Waals surface area contributed by atoms with Crippen LogP contribution in [0.4, 0.5) is 12.9 Å². The quantitative estimate of drug-likeness (QED) is 0.451. The zero-order chi connectivity index (χ0) is 8.20. The minimum absolute atomic E-state index is 0. The van der Waals surface area contributed by atoms with Gasteiger partial charge in [-0.2, -0.15) is 0 Å². The summed E-state index contributed by atoms with van der Waals surface area (Å²) in [7, 11) is 0. The van der Waals surface area contributed by atoms with E-state index < -0.39 is 12.4 Å². The van der Waals surface area contributed by atoms with Crippen LogP contribution in [0.5, 0.6) is 0 Å². The van der Waals surface area contributed by atoms with Crippen molar-refractivity contribution in [1.82, 2.24) is 0 Å². The molecule has 11 heavy (non-hydrogen) atoms. The Labute approximate surface area is 112 Å². The summed E-state index contributed by atoms with van der Waals surface area (Å²) in [4.78, 5) is 0. The predicted molar refractivity (Wildman–Crippen MR) is 38.2 cm³/mol. The van der Waals surface area contributed by atoms with Gasteiger partial charge in [0.15, 0.2) is 0 Å². The number of hydrogen-bond acceptors (Lipinski definition) is 0. The number of allylic oxidation sites excluding steroid dienone is 1. The van der Waals surface area contributed by atoms with Crippen molar-refractivity contribution in [3.63, 3.8) is 0 Å². The first-order valence-corrected chi connectivity index (χ1v) is 3.45. The van der Waals surface area contributed by atoms with Gasteiger partial charge in [0.2, 0.25) is 0 Å². The van der Waals surface area contributed by atoms with Crippen molar-refractivity contribution >= 4 is 18.6 Å². The van der Waals surface area contributed by atoms with Crippen LogP contribution in [-0.2, 0) is 0 Å². The molecule has 0 nitrogen and oxygen atoms in total. The molecule has 0 bridgehead atoms. The molecule has 0 aliphatic carbocycles. The maximum absolute atomic E-state index is 11.7. The monoisotopic (exact) mass is 210 g/mol. The minimum Gasteiger partial charge on any atom is -0.445 e. The van der Waals surface area contributed by atoms with Crippen LogP contribution in [0.15, 0.2) is 12.1 Å². The van der Waals surface area contributed by atoms with Crippen LogP contribution in [-0.4, -0.2) is 12.9 Å². The van der Waals surface area contributed by atoms with Crippen LogP contribution >= 0.6 is 11.6 Å². The fourth-order valence-corrected chi connectivity index (χ4v) is 0.591. The molecule has 0 unspecified atom stereocenters. The van der Waals surface area contributed by atoms with Gasteiger partial charge in [0.05, 0.1) is 0 Å². The molecule has 0 saturated heterocycles. The first-order chi connectivity index (χ1) is 4.48. The summed E-state index contributed by atoms with van der Waals surface area (Å²) in [6.45, 7) is -1.92. The third kappa shape index (κ3) is 7.87. The Balaban J connectivity index is 0. The van der Waals surface area contributed by atoms with E-state index in [1.165, 1.54) is 0 Å². The Hall–Kier alpha value is 1.52. The molecule has 60 valence electrons. The summed E-state index contributed by atoms with van der Waals surface area (Å²) < 4.78 is 35.1. The van der Waals surface area contributed by atoms with Crippen LogP contribution in [0.2, 0.25) is 0 Å². The molecular formula is C5H8BClF3K. The van der Waals surface area contributed by atoms with Crippen molar-refractivity contribution in [2.45, 2.75) is 12.8 Å². The van der Waals surface area contributed by atoms with Crippen molar-refractivity contribution < 1.29 is 64.3 Å². The molecule has 0 amide bonds. The first kappa shape index (κ1) is 15.0. The van der Waals surface area contributed by atoms with E-state index in [1.807, 2.05) is 0 Å². The smallest absolute Gasteiger partial charge is 0.445 e. The summed E-state index contributed by atoms with van der Waals surface area (Å²) >= 11 is 5.19. The fourth-order valence-electron chi connectivity index (χ4n) is 0.458. The third-order valence-corrected chi connectivity index (χ3v) is 1.36. The van der Waals surface area contributed by atoms with Crippen LogP contribution in [0, 0.1) is 0 Å². The molecular weight excluding hydrogens is 202 g/mol. The second-order valence-electron chi connectivity index (χ2n) is 2.03. The number of hydrogen-bond donors (Lipinski definition) is 0. The number of halogens is 4. The van der Waals surface area contributed by atoms with Gasteiger partial charge in [-0.15, -0.1) is 23.7 Å². The fraction of sp³-hybridized carbons (Fsp3) is 0.600. The second-order valence-corrected chi connectivity index (χ2v) is 2.40. The van der Waals surface area contributed by atoms with E-state index in [0.29, 0.717) is 6.42 Å². The Kier molecular flexibility index (Phi) is 9.52. The summed E-state index contributed by atoms with van der Waals surface area (Å²) in [6.07, 6.45) is 0.314. The van der Waals surface area contributed by atoms with Crippen LogP contribution < -0.4 is 51.4 Å². The van der Waals surface area contributed by atoms with Crippen LogP contribution in [0.25, 0.3) is 0 Å². The average Bonchev–Trinajstić information content (AvgIpc) is 1.80. The van der Waals surface area contributed by atoms with Gasteiger partial charge in [-0.05, 0) is 6.42 Å². The molecule has 0 spiro atoms. The van der Waals surface area contributed by atoms with Crippen molar-refractivity contribution in [3.05, 3.63) is 12.1 Å². The molecule has 0 aromatic carbocycles. The Morgan fingerprint density at radius 1 is 1.36 bits per heavy atom. The Morgan fingerprint density at radius 3 is 2.09 bits per heavy atom. The summed E-state index contributed by atoms with van der Waals surface area (Å²) in [6, 6.07) is 0. The Bertz CT molecular complexity index is 125. The molecule has 0 aromatic rings. The van der Waals surface area contributed by atoms with E-state index in [0.717, 1.165) is 0 Å². The number of rotatable bonds is 4. The van der Waals surface area contributed by atoms with Crippen LogP contribution in [0.3, 0.4) is 0 Å². The average molecular weight is 210 g/mol. The van der Waals surface area contributed by atoms with E-state index in [9.17, 15) is 12.9 Å². The minimum atomic E-state index is -4.83. The van der Waals surface area contributed by atoms with Gasteiger partial charge in [0.1, 0.15) is 0 Å². The zero-order valence-electron chi connectivity index (χ0n) is 6.42. The molecule has 0 heterocycles. The SMILES string of the molecule is C=C(CCCCl)[B-](F)(F)F.[K+]. The van der Waals surface area contributed by atoms with Crippen molar-refractivity contribution in [1.29, 1.82) is 0 Å². The van der Waals surface area contributed by atoms with Gasteiger partial charge in [0, 0.05) is 5.88 Å². The zero-order valence-corrected chi connectivity index (χ0v) is 10.3. The van der Waals surface area contributed by atoms with Gasteiger partial charge in [0.25, 0.3) is 0 Å². The molecule has 0 radical (unpaired) electrons. The molecule has 0 aromatic heterocycles. The van der Waals surface area contributed by atoms with E-state index in [2.05, 4.69) is 6.58 Å². The van der Waals surface area contributed by atoms with Gasteiger partial charge < -0.3 is 12.9 Å². The molecule has 0 aliphatic rings. The summed E-state index contributed by atoms with van der Waals surface area (Å²) in [5, 5.41) is 0. The van der Waals surface area contributed by atoms with E-state index >= 15 is 0 Å². The molecule has 0 atom stereocenters. The van der Waals surface area contributed by atoms with E-state index in [1.54, 1.807) is 0 Å². The topological polar surface area (TPSA) is 0 Å². The van der Waals surface area contributed by atoms with Gasteiger partial charge in [-0.1, -0.05) is 6.42 Å². The van der Waals surface area contributed by atoms with Gasteiger partial charge >= 0.3 is 58.4 Å². The summed E-state index contributed by atoms with van der Waals surface area (Å²) in [5.74, 6) is 0.255. The molecule has 0 N–H and O–H groups in total. The number of alkyl halides is 1. The first-order valence-electron chi connectivity index (χ1n) is 2.92. The van der Waals surface area contributed by atoms with E-state index in [-0.39, 0.29) is 63.7 Å². The molecule has 0 fully saturated rings. The second kappa shape index (κ2) is 6.98. The predicted octanol–water partition coefficient (Wildman–Crippen LogP) is -0.0478. The third-order valence-electron chi connectivity index (χ3n) is 1.09. The maximum atomic E-state index is 11.7. The molecule has 0 rings (SSSR count). The molecule has 0 aliphatic heterocycles. The normalized spacial score (nSPS) is 10.5. The van der Waals surface area contributed by atoms with Gasteiger partial charge in [-0.25, -0.2) is 0 Å². The van der Waals surface area contributed by atoms with Crippen molar-refractivity contribution in [3.8, 4) is 0 Å². The Morgan fingerprint density at radius 2 is 1.82 bits per heavy atom. The maximum Gasteiger partial charge on any atom is 1.00 e. The largest absolute Gasteiger partial charge is 1.00 e. The molecule has 6 heteroatoms. The van der Waals surface area contributed by atoms with Crippen LogP contribution in [0.1, 0.15) is 12.8 Å². The summed E-state index contributed by atoms with van der Waals surface area (Å²) in [5.41, 5.74) is -0.638. The van der Waals surface area contributed by atoms with Crippen molar-refractivity contribution in [2.75, 3.05) is 5.88 Å². The van der Waals surface area contributed by atoms with Crippen molar-refractivity contribution in [2.24, 2.45) is 0 Å². The van der Waals surface area contributed by atoms with Gasteiger partial charge in [-0.3, -0.25) is 0 Å². The van der Waals surface area contributed by atoms with E-state index in [4.69, 9.17) is 11.6 Å².